The van der Waals surface area contributed by atoms with E-state index in [0.29, 0.717) is 11.3 Å². The van der Waals surface area contributed by atoms with Gasteiger partial charge in [-0.2, -0.15) is 4.94 Å². The third-order valence-electron chi connectivity index (χ3n) is 1.19. The minimum absolute atomic E-state index is 0.0855. The zero-order valence-electron chi connectivity index (χ0n) is 5.75. The predicted octanol–water partition coefficient (Wildman–Crippen LogP) is 1.46. The summed E-state index contributed by atoms with van der Waals surface area (Å²) in [5.41, 5.74) is 1.19. The molecule has 56 valence electrons. The number of pyridine rings is 1. The Balaban J connectivity index is 2.76. The molecule has 1 heterocycles. The number of hydrogen-bond acceptors (Lipinski definition) is 2. The average Bonchev–Trinajstić information content (AvgIpc) is 2.07. The third kappa shape index (κ3) is 2.03. The average molecular weight is 151 g/mol. The Morgan fingerprint density at radius 3 is 2.91 bits per heavy atom. The van der Waals surface area contributed by atoms with Crippen molar-refractivity contribution in [2.75, 3.05) is 0 Å². The molecule has 3 heteroatoms. The van der Waals surface area contributed by atoms with Crippen molar-refractivity contribution in [3.8, 4) is 12.3 Å². The van der Waals surface area contributed by atoms with Crippen LogP contribution >= 0.6 is 0 Å². The molecule has 0 aromatic carbocycles. The Bertz CT molecular complexity index is 262. The first-order valence-electron chi connectivity index (χ1n) is 3.02. The van der Waals surface area contributed by atoms with Crippen LogP contribution in [0.3, 0.4) is 0 Å². The van der Waals surface area contributed by atoms with Gasteiger partial charge in [-0.3, -0.25) is 0 Å². The van der Waals surface area contributed by atoms with Crippen molar-refractivity contribution in [1.29, 1.82) is 0 Å². The second-order valence-corrected chi connectivity index (χ2v) is 1.95. The van der Waals surface area contributed by atoms with E-state index in [1.165, 1.54) is 6.20 Å². The van der Waals surface area contributed by atoms with Crippen LogP contribution in [0.5, 0.6) is 0 Å². The van der Waals surface area contributed by atoms with Crippen LogP contribution in [0.2, 0.25) is 0 Å². The minimum Gasteiger partial charge on any atom is -0.247 e. The predicted molar refractivity (Wildman–Crippen MR) is 38.1 cm³/mol. The van der Waals surface area contributed by atoms with Crippen molar-refractivity contribution >= 4 is 0 Å². The molecule has 0 fully saturated rings. The fourth-order valence-corrected chi connectivity index (χ4v) is 0.658. The fourth-order valence-electron chi connectivity index (χ4n) is 0.658. The highest BCUT2D eigenvalue weighted by Gasteiger charge is 1.92. The molecule has 0 aliphatic rings. The molecule has 0 N–H and O–H groups in total. The Hall–Kier alpha value is -1.40. The first-order valence-corrected chi connectivity index (χ1v) is 3.02. The summed E-state index contributed by atoms with van der Waals surface area (Å²) in [6.07, 6.45) is 6.54. The molecule has 0 saturated carbocycles. The van der Waals surface area contributed by atoms with Gasteiger partial charge in [0.05, 0.1) is 0 Å². The molecule has 0 atom stereocenters. The zero-order valence-corrected chi connectivity index (χ0v) is 5.75. The molecule has 1 aromatic heterocycles. The first kappa shape index (κ1) is 7.70. The SMILES string of the molecule is C#Cc1ccc(COF)cn1. The van der Waals surface area contributed by atoms with Crippen LogP contribution in [0.4, 0.5) is 4.53 Å². The summed E-state index contributed by atoms with van der Waals surface area (Å²) in [4.78, 5) is 7.24. The molecule has 0 aliphatic carbocycles. The summed E-state index contributed by atoms with van der Waals surface area (Å²) in [5.74, 6) is 2.35. The van der Waals surface area contributed by atoms with Crippen molar-refractivity contribution in [1.82, 2.24) is 4.98 Å². The second kappa shape index (κ2) is 3.69. The highest BCUT2D eigenvalue weighted by Crippen LogP contribution is 2.00. The standard InChI is InChI=1S/C8H6FNO/c1-2-8-4-3-7(5-10-8)6-11-9/h1,3-5H,6H2. The zero-order chi connectivity index (χ0) is 8.10. The van der Waals surface area contributed by atoms with Crippen molar-refractivity contribution < 1.29 is 9.47 Å². The number of nitrogens with zero attached hydrogens (tertiary/aromatic N) is 1. The summed E-state index contributed by atoms with van der Waals surface area (Å²) in [7, 11) is 0. The summed E-state index contributed by atoms with van der Waals surface area (Å²) in [6, 6.07) is 3.30. The minimum atomic E-state index is -0.0855. The van der Waals surface area contributed by atoms with Crippen LogP contribution in [-0.2, 0) is 11.5 Å². The van der Waals surface area contributed by atoms with Gasteiger partial charge < -0.3 is 0 Å². The monoisotopic (exact) mass is 151 g/mol. The molecule has 0 spiro atoms. The molecule has 0 unspecified atom stereocenters. The molecule has 2 nitrogen and oxygen atoms in total. The summed E-state index contributed by atoms with van der Waals surface area (Å²) < 4.78 is 11.3. The lowest BCUT2D eigenvalue weighted by atomic mass is 10.3. The topological polar surface area (TPSA) is 22.1 Å². The molecule has 0 saturated heterocycles. The van der Waals surface area contributed by atoms with Crippen molar-refractivity contribution in [2.45, 2.75) is 6.61 Å². The van der Waals surface area contributed by atoms with Crippen LogP contribution in [0.15, 0.2) is 18.3 Å². The van der Waals surface area contributed by atoms with Crippen LogP contribution in [0.25, 0.3) is 0 Å². The maximum atomic E-state index is 11.3. The van der Waals surface area contributed by atoms with Crippen LogP contribution < -0.4 is 0 Å². The Morgan fingerprint density at radius 1 is 1.64 bits per heavy atom. The van der Waals surface area contributed by atoms with Gasteiger partial charge in [-0.25, -0.2) is 4.98 Å². The van der Waals surface area contributed by atoms with Crippen LogP contribution in [0.1, 0.15) is 11.3 Å². The van der Waals surface area contributed by atoms with Crippen molar-refractivity contribution in [3.05, 3.63) is 29.6 Å². The fraction of sp³-hybridized carbons (Fsp3) is 0.125. The normalized spacial score (nSPS) is 9.09. The van der Waals surface area contributed by atoms with Gasteiger partial charge in [-0.1, -0.05) is 12.0 Å². The molecular weight excluding hydrogens is 145 g/mol. The van der Waals surface area contributed by atoms with E-state index in [4.69, 9.17) is 6.42 Å². The van der Waals surface area contributed by atoms with Gasteiger partial charge in [0.1, 0.15) is 12.3 Å². The highest BCUT2D eigenvalue weighted by atomic mass is 19.3. The number of aromatic nitrogens is 1. The molecular formula is C8H6FNO. The van der Waals surface area contributed by atoms with Gasteiger partial charge in [-0.05, 0) is 16.2 Å². The number of terminal acetylenes is 1. The largest absolute Gasteiger partial charge is 0.247 e. The number of halogens is 1. The van der Waals surface area contributed by atoms with E-state index in [-0.39, 0.29) is 6.61 Å². The van der Waals surface area contributed by atoms with E-state index in [9.17, 15) is 4.53 Å². The van der Waals surface area contributed by atoms with Gasteiger partial charge in [0.2, 0.25) is 0 Å². The quantitative estimate of drug-likeness (QED) is 0.597. The molecule has 0 bridgehead atoms. The van der Waals surface area contributed by atoms with Crippen molar-refractivity contribution in [2.24, 2.45) is 0 Å². The van der Waals surface area contributed by atoms with E-state index in [2.05, 4.69) is 15.8 Å². The molecule has 1 aromatic rings. The maximum absolute atomic E-state index is 11.3. The van der Waals surface area contributed by atoms with E-state index >= 15 is 0 Å². The molecule has 11 heavy (non-hydrogen) atoms. The summed E-state index contributed by atoms with van der Waals surface area (Å²) in [5, 5.41) is 0. The van der Waals surface area contributed by atoms with E-state index in [0.717, 1.165) is 0 Å². The highest BCUT2D eigenvalue weighted by molar-refractivity contribution is 5.25. The van der Waals surface area contributed by atoms with Crippen LogP contribution in [-0.4, -0.2) is 4.98 Å². The Labute approximate surface area is 63.9 Å². The van der Waals surface area contributed by atoms with Gasteiger partial charge >= 0.3 is 0 Å². The van der Waals surface area contributed by atoms with E-state index in [1.54, 1.807) is 12.1 Å². The summed E-state index contributed by atoms with van der Waals surface area (Å²) >= 11 is 0. The number of rotatable bonds is 2. The lowest BCUT2D eigenvalue weighted by Gasteiger charge is -1.94. The van der Waals surface area contributed by atoms with Crippen molar-refractivity contribution in [3.63, 3.8) is 0 Å². The number of hydrogen-bond donors (Lipinski definition) is 0. The first-order chi connectivity index (χ1) is 5.36. The smallest absolute Gasteiger partial charge is 0.114 e. The molecule has 0 amide bonds. The molecule has 0 radical (unpaired) electrons. The van der Waals surface area contributed by atoms with Gasteiger partial charge in [-0.15, -0.1) is 6.42 Å². The van der Waals surface area contributed by atoms with Gasteiger partial charge in [0.25, 0.3) is 0 Å². The Kier molecular flexibility index (Phi) is 2.59. The van der Waals surface area contributed by atoms with E-state index < -0.39 is 0 Å². The third-order valence-corrected chi connectivity index (χ3v) is 1.19. The van der Waals surface area contributed by atoms with Crippen LogP contribution in [0, 0.1) is 12.3 Å². The molecule has 0 aliphatic heterocycles. The Morgan fingerprint density at radius 2 is 2.45 bits per heavy atom. The lowest BCUT2D eigenvalue weighted by molar-refractivity contribution is -0.144. The summed E-state index contributed by atoms with van der Waals surface area (Å²) in [6.45, 7) is -0.0855. The van der Waals surface area contributed by atoms with Gasteiger partial charge in [0, 0.05) is 6.20 Å². The lowest BCUT2D eigenvalue weighted by Crippen LogP contribution is -1.87. The van der Waals surface area contributed by atoms with E-state index in [1.807, 2.05) is 0 Å². The second-order valence-electron chi connectivity index (χ2n) is 1.95. The maximum Gasteiger partial charge on any atom is 0.114 e. The molecule has 1 rings (SSSR count). The van der Waals surface area contributed by atoms with Gasteiger partial charge in [0.15, 0.2) is 0 Å².